The van der Waals surface area contributed by atoms with Crippen LogP contribution < -0.4 is 10.9 Å². The van der Waals surface area contributed by atoms with Gasteiger partial charge in [-0.15, -0.1) is 0 Å². The molecule has 0 aromatic carbocycles. The fourth-order valence-electron chi connectivity index (χ4n) is 1.55. The fourth-order valence-corrected chi connectivity index (χ4v) is 1.55. The van der Waals surface area contributed by atoms with Gasteiger partial charge in [0.15, 0.2) is 5.82 Å². The summed E-state index contributed by atoms with van der Waals surface area (Å²) >= 11 is 0. The summed E-state index contributed by atoms with van der Waals surface area (Å²) in [6, 6.07) is 0. The summed E-state index contributed by atoms with van der Waals surface area (Å²) < 4.78 is 3.45. The first-order chi connectivity index (χ1) is 8.18. The Bertz CT molecular complexity index is 557. The van der Waals surface area contributed by atoms with E-state index in [0.29, 0.717) is 12.4 Å². The second kappa shape index (κ2) is 4.82. The van der Waals surface area contributed by atoms with Crippen LogP contribution in [0.4, 0.5) is 5.82 Å². The third-order valence-electron chi connectivity index (χ3n) is 2.58. The van der Waals surface area contributed by atoms with Crippen molar-refractivity contribution in [2.75, 3.05) is 11.9 Å². The first-order valence-electron chi connectivity index (χ1n) is 5.40. The van der Waals surface area contributed by atoms with Crippen molar-refractivity contribution in [1.29, 1.82) is 0 Å². The summed E-state index contributed by atoms with van der Waals surface area (Å²) in [5.74, 6) is 1.36. The number of rotatable bonds is 4. The maximum Gasteiger partial charge on any atom is 0.293 e. The van der Waals surface area contributed by atoms with Crippen LogP contribution in [0.5, 0.6) is 0 Å². The van der Waals surface area contributed by atoms with Crippen LogP contribution in [0.1, 0.15) is 5.82 Å². The molecular formula is C11H15N5O. The van der Waals surface area contributed by atoms with Crippen molar-refractivity contribution in [2.24, 2.45) is 14.1 Å². The molecule has 0 aliphatic heterocycles. The Morgan fingerprint density at radius 3 is 2.59 bits per heavy atom. The number of nitrogens with zero attached hydrogens (tertiary/aromatic N) is 4. The topological polar surface area (TPSA) is 64.7 Å². The monoisotopic (exact) mass is 233 g/mol. The van der Waals surface area contributed by atoms with Gasteiger partial charge < -0.3 is 14.5 Å². The van der Waals surface area contributed by atoms with Crippen molar-refractivity contribution < 1.29 is 0 Å². The lowest BCUT2D eigenvalue weighted by Crippen LogP contribution is -2.23. The van der Waals surface area contributed by atoms with Gasteiger partial charge in [-0.25, -0.2) is 9.97 Å². The normalized spacial score (nSPS) is 10.5. The van der Waals surface area contributed by atoms with E-state index in [4.69, 9.17) is 0 Å². The minimum atomic E-state index is -0.118. The lowest BCUT2D eigenvalue weighted by atomic mass is 10.4. The molecule has 2 aromatic heterocycles. The number of hydrogen-bond acceptors (Lipinski definition) is 4. The van der Waals surface area contributed by atoms with Crippen LogP contribution in [-0.2, 0) is 20.5 Å². The molecule has 0 fully saturated rings. The number of nitrogens with one attached hydrogen (secondary N) is 1. The van der Waals surface area contributed by atoms with E-state index < -0.39 is 0 Å². The third kappa shape index (κ3) is 2.52. The number of aryl methyl sites for hydroxylation is 2. The number of aromatic nitrogens is 4. The lowest BCUT2D eigenvalue weighted by Gasteiger charge is -2.05. The van der Waals surface area contributed by atoms with Crippen LogP contribution in [0.15, 0.2) is 29.6 Å². The molecule has 2 heterocycles. The van der Waals surface area contributed by atoms with Gasteiger partial charge in [0.25, 0.3) is 5.56 Å². The minimum absolute atomic E-state index is 0.118. The Hall–Kier alpha value is -2.11. The Morgan fingerprint density at radius 2 is 1.88 bits per heavy atom. The number of imidazole rings is 1. The molecule has 0 bridgehead atoms. The van der Waals surface area contributed by atoms with Gasteiger partial charge in [0, 0.05) is 51.8 Å². The highest BCUT2D eigenvalue weighted by molar-refractivity contribution is 5.30. The molecule has 17 heavy (non-hydrogen) atoms. The molecule has 0 unspecified atom stereocenters. The first kappa shape index (κ1) is 11.4. The molecule has 0 amide bonds. The molecule has 0 aliphatic carbocycles. The average molecular weight is 233 g/mol. The first-order valence-corrected chi connectivity index (χ1v) is 5.40. The van der Waals surface area contributed by atoms with Crippen molar-refractivity contribution in [3.8, 4) is 0 Å². The van der Waals surface area contributed by atoms with Crippen molar-refractivity contribution in [2.45, 2.75) is 6.42 Å². The predicted octanol–water partition coefficient (Wildman–Crippen LogP) is 0.168. The van der Waals surface area contributed by atoms with E-state index in [0.717, 1.165) is 12.2 Å². The molecule has 0 aliphatic rings. The van der Waals surface area contributed by atoms with E-state index in [1.165, 1.54) is 4.57 Å². The Labute approximate surface area is 98.9 Å². The minimum Gasteiger partial charge on any atom is -0.365 e. The molecule has 2 rings (SSSR count). The van der Waals surface area contributed by atoms with Gasteiger partial charge in [0.2, 0.25) is 0 Å². The summed E-state index contributed by atoms with van der Waals surface area (Å²) in [5, 5.41) is 3.02. The zero-order valence-electron chi connectivity index (χ0n) is 9.92. The standard InChI is InChI=1S/C11H15N5O/c1-15-7-5-12-9(15)3-4-13-10-11(17)16(2)8-6-14-10/h5-8H,3-4H2,1-2H3,(H,13,14). The highest BCUT2D eigenvalue weighted by Crippen LogP contribution is 1.97. The molecule has 6 heteroatoms. The second-order valence-corrected chi connectivity index (χ2v) is 3.82. The van der Waals surface area contributed by atoms with Crippen LogP contribution in [0, 0.1) is 0 Å². The molecule has 1 N–H and O–H groups in total. The van der Waals surface area contributed by atoms with Crippen LogP contribution >= 0.6 is 0 Å². The van der Waals surface area contributed by atoms with E-state index in [-0.39, 0.29) is 5.56 Å². The molecule has 6 nitrogen and oxygen atoms in total. The van der Waals surface area contributed by atoms with Gasteiger partial charge >= 0.3 is 0 Å². The van der Waals surface area contributed by atoms with Crippen molar-refractivity contribution in [3.63, 3.8) is 0 Å². The summed E-state index contributed by atoms with van der Waals surface area (Å²) in [5.41, 5.74) is -0.118. The van der Waals surface area contributed by atoms with Crippen molar-refractivity contribution in [1.82, 2.24) is 19.1 Å². The quantitative estimate of drug-likeness (QED) is 0.817. The molecule has 2 aromatic rings. The highest BCUT2D eigenvalue weighted by atomic mass is 16.1. The molecule has 0 spiro atoms. The largest absolute Gasteiger partial charge is 0.365 e. The predicted molar refractivity (Wildman–Crippen MR) is 64.9 cm³/mol. The molecular weight excluding hydrogens is 218 g/mol. The van der Waals surface area contributed by atoms with E-state index in [9.17, 15) is 4.79 Å². The summed E-state index contributed by atoms with van der Waals surface area (Å²) in [6.07, 6.45) is 7.64. The zero-order chi connectivity index (χ0) is 12.3. The van der Waals surface area contributed by atoms with Crippen LogP contribution in [0.3, 0.4) is 0 Å². The van der Waals surface area contributed by atoms with Crippen molar-refractivity contribution >= 4 is 5.82 Å². The molecule has 0 atom stereocenters. The zero-order valence-corrected chi connectivity index (χ0v) is 9.92. The van der Waals surface area contributed by atoms with Gasteiger partial charge in [-0.2, -0.15) is 0 Å². The van der Waals surface area contributed by atoms with E-state index in [1.807, 2.05) is 17.8 Å². The number of anilines is 1. The van der Waals surface area contributed by atoms with Crippen LogP contribution in [0.2, 0.25) is 0 Å². The Morgan fingerprint density at radius 1 is 1.18 bits per heavy atom. The van der Waals surface area contributed by atoms with Crippen molar-refractivity contribution in [3.05, 3.63) is 41.0 Å². The van der Waals surface area contributed by atoms with E-state index in [2.05, 4.69) is 15.3 Å². The molecule has 0 saturated carbocycles. The van der Waals surface area contributed by atoms with Crippen LogP contribution in [-0.4, -0.2) is 25.6 Å². The lowest BCUT2D eigenvalue weighted by molar-refractivity contribution is 0.783. The maximum atomic E-state index is 11.6. The highest BCUT2D eigenvalue weighted by Gasteiger charge is 2.03. The smallest absolute Gasteiger partial charge is 0.293 e. The van der Waals surface area contributed by atoms with Gasteiger partial charge in [-0.1, -0.05) is 0 Å². The van der Waals surface area contributed by atoms with Gasteiger partial charge in [0.05, 0.1) is 0 Å². The SMILES string of the molecule is Cn1ccnc1CCNc1nccn(C)c1=O. The van der Waals surface area contributed by atoms with Gasteiger partial charge in [0.1, 0.15) is 5.82 Å². The maximum absolute atomic E-state index is 11.6. The van der Waals surface area contributed by atoms with Crippen LogP contribution in [0.25, 0.3) is 0 Å². The summed E-state index contributed by atoms with van der Waals surface area (Å²) in [7, 11) is 3.65. The summed E-state index contributed by atoms with van der Waals surface area (Å²) in [6.45, 7) is 0.636. The van der Waals surface area contributed by atoms with Gasteiger partial charge in [-0.05, 0) is 0 Å². The van der Waals surface area contributed by atoms with E-state index in [1.54, 1.807) is 25.6 Å². The molecule has 90 valence electrons. The van der Waals surface area contributed by atoms with Gasteiger partial charge in [-0.3, -0.25) is 4.79 Å². The fraction of sp³-hybridized carbons (Fsp3) is 0.364. The molecule has 0 radical (unpaired) electrons. The Balaban J connectivity index is 1.97. The second-order valence-electron chi connectivity index (χ2n) is 3.82. The number of hydrogen-bond donors (Lipinski definition) is 1. The van der Waals surface area contributed by atoms with E-state index >= 15 is 0 Å². The average Bonchev–Trinajstić information content (AvgIpc) is 2.71. The summed E-state index contributed by atoms with van der Waals surface area (Å²) in [4.78, 5) is 19.9. The Kier molecular flexibility index (Phi) is 3.22. The molecule has 0 saturated heterocycles. The third-order valence-corrected chi connectivity index (χ3v) is 2.58.